The van der Waals surface area contributed by atoms with Crippen LogP contribution in [0.4, 0.5) is 5.82 Å². The van der Waals surface area contributed by atoms with E-state index in [1.54, 1.807) is 0 Å². The molecule has 0 spiro atoms. The lowest BCUT2D eigenvalue weighted by Gasteiger charge is -2.27. The van der Waals surface area contributed by atoms with Crippen LogP contribution in [0.1, 0.15) is 48.9 Å². The number of hydrogen-bond donors (Lipinski definition) is 0. The van der Waals surface area contributed by atoms with Gasteiger partial charge in [0.1, 0.15) is 5.82 Å². The highest BCUT2D eigenvalue weighted by atomic mass is 16.5. The lowest BCUT2D eigenvalue weighted by atomic mass is 9.89. The summed E-state index contributed by atoms with van der Waals surface area (Å²) in [5, 5.41) is 12.5. The molecule has 0 N–H and O–H groups in total. The molecule has 1 aliphatic carbocycles. The lowest BCUT2D eigenvalue weighted by molar-refractivity contribution is 0.338. The van der Waals surface area contributed by atoms with E-state index in [0.717, 1.165) is 49.4 Å². The van der Waals surface area contributed by atoms with Crippen molar-refractivity contribution in [2.45, 2.75) is 44.4 Å². The predicted molar refractivity (Wildman–Crippen MR) is 99.4 cm³/mol. The van der Waals surface area contributed by atoms with Gasteiger partial charge in [0.15, 0.2) is 0 Å². The van der Waals surface area contributed by atoms with Gasteiger partial charge in [-0.15, -0.1) is 5.10 Å². The first-order valence-corrected chi connectivity index (χ1v) is 9.70. The fourth-order valence-corrected chi connectivity index (χ4v) is 4.07. The average Bonchev–Trinajstić information content (AvgIpc) is 3.36. The van der Waals surface area contributed by atoms with E-state index in [1.165, 1.54) is 25.0 Å². The van der Waals surface area contributed by atoms with E-state index in [4.69, 9.17) is 4.52 Å². The Morgan fingerprint density at radius 3 is 2.85 bits per heavy atom. The number of aromatic nitrogens is 6. The Kier molecular flexibility index (Phi) is 4.10. The number of fused-ring (bicyclic) bond motifs is 1. The lowest BCUT2D eigenvalue weighted by Crippen LogP contribution is -2.29. The highest BCUT2D eigenvalue weighted by molar-refractivity contribution is 5.56. The highest BCUT2D eigenvalue weighted by Crippen LogP contribution is 2.31. The molecule has 0 amide bonds. The fraction of sp³-hybridized carbons (Fsp3) is 0.526. The molecule has 1 saturated heterocycles. The minimum Gasteiger partial charge on any atom is -0.357 e. The van der Waals surface area contributed by atoms with Crippen LogP contribution in [0.25, 0.3) is 11.4 Å². The monoisotopic (exact) mass is 365 g/mol. The normalized spacial score (nSPS) is 19.9. The molecule has 27 heavy (non-hydrogen) atoms. The minimum atomic E-state index is 0.219. The number of hydrogen-bond acceptors (Lipinski definition) is 7. The van der Waals surface area contributed by atoms with Crippen LogP contribution >= 0.6 is 0 Å². The first-order chi connectivity index (χ1) is 13.3. The molecule has 5 rings (SSSR count). The molecule has 3 aromatic rings. The Bertz CT molecular complexity index is 924. The van der Waals surface area contributed by atoms with Crippen LogP contribution in [0.3, 0.4) is 0 Å². The third-order valence-electron chi connectivity index (χ3n) is 5.67. The van der Waals surface area contributed by atoms with Gasteiger partial charge in [-0.1, -0.05) is 10.4 Å². The maximum absolute atomic E-state index is 5.59. The molecular weight excluding hydrogens is 342 g/mol. The highest BCUT2D eigenvalue weighted by Gasteiger charge is 2.28. The Hall–Kier alpha value is -2.77. The molecule has 8 heteroatoms. The van der Waals surface area contributed by atoms with Gasteiger partial charge in [0.2, 0.25) is 11.7 Å². The molecule has 3 aromatic heterocycles. The summed E-state index contributed by atoms with van der Waals surface area (Å²) in [4.78, 5) is 11.6. The van der Waals surface area contributed by atoms with Gasteiger partial charge in [-0.2, -0.15) is 4.98 Å². The van der Waals surface area contributed by atoms with E-state index in [2.05, 4.69) is 36.4 Å². The van der Waals surface area contributed by atoms with Crippen LogP contribution in [-0.2, 0) is 19.9 Å². The number of aryl methyl sites for hydroxylation is 2. The molecule has 1 unspecified atom stereocenters. The van der Waals surface area contributed by atoms with Gasteiger partial charge in [0.05, 0.1) is 11.4 Å². The number of pyridine rings is 1. The van der Waals surface area contributed by atoms with Crippen molar-refractivity contribution in [1.29, 1.82) is 0 Å². The van der Waals surface area contributed by atoms with Gasteiger partial charge >= 0.3 is 0 Å². The van der Waals surface area contributed by atoms with Crippen LogP contribution < -0.4 is 4.90 Å². The Labute approximate surface area is 157 Å². The van der Waals surface area contributed by atoms with Gasteiger partial charge in [-0.25, -0.2) is 4.98 Å². The number of rotatable bonds is 3. The summed E-state index contributed by atoms with van der Waals surface area (Å²) in [6.45, 7) is 2.18. The zero-order valence-corrected chi connectivity index (χ0v) is 15.5. The van der Waals surface area contributed by atoms with Crippen molar-refractivity contribution in [2.24, 2.45) is 7.05 Å². The van der Waals surface area contributed by atoms with E-state index in [0.29, 0.717) is 11.7 Å². The molecule has 0 saturated carbocycles. The second-order valence-corrected chi connectivity index (χ2v) is 7.46. The van der Waals surface area contributed by atoms with Gasteiger partial charge in [0, 0.05) is 44.2 Å². The molecule has 1 aliphatic heterocycles. The SMILES string of the molecule is Cn1nnc2c1CC(c1nc(-c3ccc(N4CCCCC4)nc3)no1)CC2. The van der Waals surface area contributed by atoms with Crippen LogP contribution in [-0.4, -0.2) is 43.2 Å². The molecule has 1 fully saturated rings. The van der Waals surface area contributed by atoms with E-state index in [-0.39, 0.29) is 5.92 Å². The zero-order valence-electron chi connectivity index (χ0n) is 15.5. The Morgan fingerprint density at radius 2 is 2.04 bits per heavy atom. The zero-order chi connectivity index (χ0) is 18.2. The standard InChI is InChI=1S/C19H23N7O/c1-25-16-11-13(5-7-15(16)22-24-25)19-21-18(23-27-19)14-6-8-17(20-12-14)26-9-3-2-4-10-26/h6,8,12-13H,2-5,7,9-11H2,1H3. The first-order valence-electron chi connectivity index (χ1n) is 9.70. The van der Waals surface area contributed by atoms with Crippen molar-refractivity contribution in [3.63, 3.8) is 0 Å². The predicted octanol–water partition coefficient (Wildman–Crippen LogP) is 2.52. The van der Waals surface area contributed by atoms with Crippen molar-refractivity contribution in [3.05, 3.63) is 35.6 Å². The third kappa shape index (κ3) is 3.09. The molecule has 2 aliphatic rings. The number of nitrogens with zero attached hydrogens (tertiary/aromatic N) is 7. The molecule has 1 atom stereocenters. The van der Waals surface area contributed by atoms with Crippen molar-refractivity contribution in [1.82, 2.24) is 30.1 Å². The molecular formula is C19H23N7O. The van der Waals surface area contributed by atoms with Crippen molar-refractivity contribution >= 4 is 5.82 Å². The van der Waals surface area contributed by atoms with Gasteiger partial charge in [0.25, 0.3) is 0 Å². The average molecular weight is 365 g/mol. The molecule has 0 bridgehead atoms. The topological polar surface area (TPSA) is 85.8 Å². The summed E-state index contributed by atoms with van der Waals surface area (Å²) < 4.78 is 7.44. The molecule has 4 heterocycles. The number of anilines is 1. The summed E-state index contributed by atoms with van der Waals surface area (Å²) in [7, 11) is 1.93. The van der Waals surface area contributed by atoms with E-state index >= 15 is 0 Å². The van der Waals surface area contributed by atoms with Gasteiger partial charge < -0.3 is 9.42 Å². The Morgan fingerprint density at radius 1 is 1.15 bits per heavy atom. The molecule has 0 radical (unpaired) electrons. The van der Waals surface area contributed by atoms with Gasteiger partial charge in [-0.3, -0.25) is 4.68 Å². The molecule has 140 valence electrons. The third-order valence-corrected chi connectivity index (χ3v) is 5.67. The first kappa shape index (κ1) is 16.4. The molecule has 8 nitrogen and oxygen atoms in total. The Balaban J connectivity index is 1.33. The van der Waals surface area contributed by atoms with Gasteiger partial charge in [-0.05, 0) is 44.2 Å². The van der Waals surface area contributed by atoms with Crippen molar-refractivity contribution in [2.75, 3.05) is 18.0 Å². The molecule has 0 aromatic carbocycles. The summed E-state index contributed by atoms with van der Waals surface area (Å²) in [5.74, 6) is 2.55. The summed E-state index contributed by atoms with van der Waals surface area (Å²) in [6, 6.07) is 4.10. The smallest absolute Gasteiger partial charge is 0.230 e. The van der Waals surface area contributed by atoms with Crippen molar-refractivity contribution < 1.29 is 4.52 Å². The number of piperidine rings is 1. The van der Waals surface area contributed by atoms with Crippen LogP contribution in [0.15, 0.2) is 22.9 Å². The quantitative estimate of drug-likeness (QED) is 0.705. The largest absolute Gasteiger partial charge is 0.357 e. The van der Waals surface area contributed by atoms with E-state index < -0.39 is 0 Å². The van der Waals surface area contributed by atoms with E-state index in [9.17, 15) is 0 Å². The fourth-order valence-electron chi connectivity index (χ4n) is 4.07. The maximum atomic E-state index is 5.59. The van der Waals surface area contributed by atoms with Crippen molar-refractivity contribution in [3.8, 4) is 11.4 Å². The maximum Gasteiger partial charge on any atom is 0.230 e. The van der Waals surface area contributed by atoms with Crippen LogP contribution in [0, 0.1) is 0 Å². The van der Waals surface area contributed by atoms with E-state index in [1.807, 2.05) is 24.0 Å². The summed E-state index contributed by atoms with van der Waals surface area (Å²) in [5.41, 5.74) is 3.15. The van der Waals surface area contributed by atoms with Crippen LogP contribution in [0.2, 0.25) is 0 Å². The van der Waals surface area contributed by atoms with Crippen LogP contribution in [0.5, 0.6) is 0 Å². The second kappa shape index (κ2) is 6.75. The minimum absolute atomic E-state index is 0.219. The summed E-state index contributed by atoms with van der Waals surface area (Å²) >= 11 is 0. The summed E-state index contributed by atoms with van der Waals surface area (Å²) in [6.07, 6.45) is 8.35. The second-order valence-electron chi connectivity index (χ2n) is 7.46.